The van der Waals surface area contributed by atoms with Crippen molar-refractivity contribution in [1.82, 2.24) is 20.0 Å². The molecule has 3 unspecified atom stereocenters. The van der Waals surface area contributed by atoms with Gasteiger partial charge >= 0.3 is 0 Å². The van der Waals surface area contributed by atoms with Gasteiger partial charge in [-0.2, -0.15) is 0 Å². The third-order valence-corrected chi connectivity index (χ3v) is 8.27. The van der Waals surface area contributed by atoms with Crippen LogP contribution in [0, 0.1) is 11.3 Å². The molecule has 0 radical (unpaired) electrons. The molecule has 3 aliphatic heterocycles. The number of nitrogens with zero attached hydrogens (tertiary/aromatic N) is 4. The highest BCUT2D eigenvalue weighted by atomic mass is 127. The summed E-state index contributed by atoms with van der Waals surface area (Å²) in [5.74, 6) is 2.03. The molecule has 3 atom stereocenters. The number of carbonyl (C=O) groups is 1. The monoisotopic (exact) mass is 531 g/mol. The average molecular weight is 531 g/mol. The Morgan fingerprint density at radius 2 is 1.77 bits per heavy atom. The number of nitrogens with one attached hydrogen (secondary N) is 1. The summed E-state index contributed by atoms with van der Waals surface area (Å²) in [5, 5.41) is 3.85. The first-order valence-electron chi connectivity index (χ1n) is 11.8. The largest absolute Gasteiger partial charge is 0.377 e. The highest BCUT2D eigenvalue weighted by Crippen LogP contribution is 2.62. The molecule has 5 fully saturated rings. The molecule has 8 heteroatoms. The van der Waals surface area contributed by atoms with Crippen LogP contribution in [-0.4, -0.2) is 98.2 Å². The average Bonchev–Trinajstić information content (AvgIpc) is 3.14. The standard InChI is InChI=1S/C22H37N5O2.HI/c1-23-21(24-19-17-6-15-29-20(17)22(19)7-5-8-22)27-13-11-25(12-14-27)16-18(28)26-9-3-2-4-10-26;/h17,19-20H,2-16H2,1H3,(H,23,24);1H. The first-order valence-corrected chi connectivity index (χ1v) is 11.8. The molecule has 0 bridgehead atoms. The number of ether oxygens (including phenoxy) is 1. The molecule has 1 N–H and O–H groups in total. The Bertz CT molecular complexity index is 641. The minimum absolute atomic E-state index is 0. The maximum Gasteiger partial charge on any atom is 0.236 e. The Hall–Kier alpha value is -0.610. The molecule has 3 saturated heterocycles. The van der Waals surface area contributed by atoms with Gasteiger partial charge in [-0.25, -0.2) is 0 Å². The van der Waals surface area contributed by atoms with Crippen LogP contribution in [0.15, 0.2) is 4.99 Å². The molecule has 5 aliphatic rings. The highest BCUT2D eigenvalue weighted by Gasteiger charge is 2.66. The Kier molecular flexibility index (Phi) is 7.14. The summed E-state index contributed by atoms with van der Waals surface area (Å²) < 4.78 is 6.07. The fourth-order valence-corrected chi connectivity index (χ4v) is 6.44. The van der Waals surface area contributed by atoms with Gasteiger partial charge in [-0.15, -0.1) is 24.0 Å². The van der Waals surface area contributed by atoms with E-state index in [9.17, 15) is 4.79 Å². The fraction of sp³-hybridized carbons (Fsp3) is 0.909. The van der Waals surface area contributed by atoms with Crippen LogP contribution in [0.3, 0.4) is 0 Å². The van der Waals surface area contributed by atoms with Crippen molar-refractivity contribution in [2.24, 2.45) is 16.3 Å². The topological polar surface area (TPSA) is 60.4 Å². The molecule has 1 amide bonds. The Morgan fingerprint density at radius 3 is 2.40 bits per heavy atom. The van der Waals surface area contributed by atoms with E-state index < -0.39 is 0 Å². The maximum absolute atomic E-state index is 12.6. The third kappa shape index (κ3) is 3.96. The Labute approximate surface area is 198 Å². The van der Waals surface area contributed by atoms with E-state index in [2.05, 4.69) is 25.0 Å². The van der Waals surface area contributed by atoms with Crippen LogP contribution in [0.25, 0.3) is 0 Å². The van der Waals surface area contributed by atoms with Crippen molar-refractivity contribution in [2.45, 2.75) is 57.1 Å². The number of carbonyl (C=O) groups excluding carboxylic acids is 1. The normalized spacial score (nSPS) is 33.4. The van der Waals surface area contributed by atoms with E-state index in [4.69, 9.17) is 4.74 Å². The zero-order valence-electron chi connectivity index (χ0n) is 18.4. The Balaban J connectivity index is 0.00000218. The lowest BCUT2D eigenvalue weighted by Gasteiger charge is -2.63. The summed E-state index contributed by atoms with van der Waals surface area (Å²) in [6, 6.07) is 0.529. The van der Waals surface area contributed by atoms with Crippen LogP contribution in [0.2, 0.25) is 0 Å². The number of piperidine rings is 1. The summed E-state index contributed by atoms with van der Waals surface area (Å²) in [6.07, 6.45) is 9.22. The van der Waals surface area contributed by atoms with Crippen molar-refractivity contribution in [3.8, 4) is 0 Å². The van der Waals surface area contributed by atoms with Crippen LogP contribution in [0.5, 0.6) is 0 Å². The van der Waals surface area contributed by atoms with E-state index in [0.717, 1.165) is 64.7 Å². The van der Waals surface area contributed by atoms with Crippen LogP contribution in [0.1, 0.15) is 44.9 Å². The summed E-state index contributed by atoms with van der Waals surface area (Å²) in [4.78, 5) is 24.0. The SMILES string of the molecule is CN=C(NC1C2CCOC2C12CCC2)N1CCN(CC(=O)N2CCCCC2)CC1.I. The molecule has 1 spiro atoms. The lowest BCUT2D eigenvalue weighted by Crippen LogP contribution is -2.73. The summed E-state index contributed by atoms with van der Waals surface area (Å²) in [7, 11) is 1.91. The zero-order valence-corrected chi connectivity index (χ0v) is 20.7. The number of fused-ring (bicyclic) bond motifs is 2. The molecule has 2 aliphatic carbocycles. The lowest BCUT2D eigenvalue weighted by atomic mass is 9.46. The molecule has 3 heterocycles. The predicted octanol–water partition coefficient (Wildman–Crippen LogP) is 1.77. The summed E-state index contributed by atoms with van der Waals surface area (Å²) in [5.41, 5.74) is 0.375. The smallest absolute Gasteiger partial charge is 0.236 e. The molecule has 0 aromatic rings. The predicted molar refractivity (Wildman–Crippen MR) is 128 cm³/mol. The number of aliphatic imine (C=N–C) groups is 1. The van der Waals surface area contributed by atoms with E-state index >= 15 is 0 Å². The second-order valence-corrected chi connectivity index (χ2v) is 9.70. The highest BCUT2D eigenvalue weighted by molar-refractivity contribution is 14.0. The number of hydrogen-bond acceptors (Lipinski definition) is 4. The molecule has 2 saturated carbocycles. The van der Waals surface area contributed by atoms with Crippen LogP contribution in [0.4, 0.5) is 0 Å². The van der Waals surface area contributed by atoms with Gasteiger partial charge in [0.2, 0.25) is 5.91 Å². The van der Waals surface area contributed by atoms with Gasteiger partial charge < -0.3 is 19.9 Å². The molecular formula is C22H38IN5O2. The van der Waals surface area contributed by atoms with E-state index in [1.165, 1.54) is 32.1 Å². The van der Waals surface area contributed by atoms with Crippen molar-refractivity contribution in [3.05, 3.63) is 0 Å². The fourth-order valence-electron chi connectivity index (χ4n) is 6.44. The minimum atomic E-state index is 0. The van der Waals surface area contributed by atoms with Crippen molar-refractivity contribution >= 4 is 35.8 Å². The lowest BCUT2D eigenvalue weighted by molar-refractivity contribution is -0.171. The van der Waals surface area contributed by atoms with Gasteiger partial charge in [-0.05, 0) is 38.5 Å². The molecular weight excluding hydrogens is 493 g/mol. The quantitative estimate of drug-likeness (QED) is 0.342. The molecule has 0 aromatic carbocycles. The second kappa shape index (κ2) is 9.48. The minimum Gasteiger partial charge on any atom is -0.377 e. The van der Waals surface area contributed by atoms with Crippen molar-refractivity contribution in [2.75, 3.05) is 59.5 Å². The van der Waals surface area contributed by atoms with E-state index in [1.54, 1.807) is 0 Å². The van der Waals surface area contributed by atoms with E-state index in [1.807, 2.05) is 7.05 Å². The maximum atomic E-state index is 12.6. The van der Waals surface area contributed by atoms with E-state index in [0.29, 0.717) is 35.9 Å². The van der Waals surface area contributed by atoms with Gasteiger partial charge in [-0.3, -0.25) is 14.7 Å². The number of halogens is 1. The molecule has 30 heavy (non-hydrogen) atoms. The first kappa shape index (κ1) is 22.6. The zero-order chi connectivity index (χ0) is 19.8. The van der Waals surface area contributed by atoms with Gasteiger partial charge in [0.05, 0.1) is 12.6 Å². The van der Waals surface area contributed by atoms with Gasteiger partial charge in [0.25, 0.3) is 0 Å². The van der Waals surface area contributed by atoms with Gasteiger partial charge in [0.15, 0.2) is 5.96 Å². The number of guanidine groups is 1. The van der Waals surface area contributed by atoms with Gasteiger partial charge in [-0.1, -0.05) is 6.42 Å². The van der Waals surface area contributed by atoms with Crippen molar-refractivity contribution in [3.63, 3.8) is 0 Å². The summed E-state index contributed by atoms with van der Waals surface area (Å²) >= 11 is 0. The number of amides is 1. The number of likely N-dealkylation sites (tertiary alicyclic amines) is 1. The molecule has 7 nitrogen and oxygen atoms in total. The summed E-state index contributed by atoms with van der Waals surface area (Å²) in [6.45, 7) is 7.16. The second-order valence-electron chi connectivity index (χ2n) is 9.70. The van der Waals surface area contributed by atoms with Crippen molar-refractivity contribution in [1.29, 1.82) is 0 Å². The number of rotatable bonds is 3. The van der Waals surface area contributed by atoms with Crippen molar-refractivity contribution < 1.29 is 9.53 Å². The Morgan fingerprint density at radius 1 is 1.03 bits per heavy atom. The number of hydrogen-bond donors (Lipinski definition) is 1. The third-order valence-electron chi connectivity index (χ3n) is 8.27. The molecule has 0 aromatic heterocycles. The molecule has 5 rings (SSSR count). The van der Waals surface area contributed by atoms with Crippen LogP contribution in [-0.2, 0) is 9.53 Å². The van der Waals surface area contributed by atoms with E-state index in [-0.39, 0.29) is 24.0 Å². The molecule has 170 valence electrons. The van der Waals surface area contributed by atoms with Crippen LogP contribution >= 0.6 is 24.0 Å². The van der Waals surface area contributed by atoms with Gasteiger partial charge in [0, 0.05) is 70.3 Å². The number of piperazine rings is 1. The van der Waals surface area contributed by atoms with Crippen LogP contribution < -0.4 is 5.32 Å². The van der Waals surface area contributed by atoms with Gasteiger partial charge in [0.1, 0.15) is 0 Å². The first-order chi connectivity index (χ1) is 14.2.